The monoisotopic (exact) mass is 279 g/mol. The second kappa shape index (κ2) is 6.39. The van der Waals surface area contributed by atoms with E-state index in [0.717, 1.165) is 25.6 Å². The molecule has 0 atom stereocenters. The largest absolute Gasteiger partial charge is 0.381 e. The van der Waals surface area contributed by atoms with Gasteiger partial charge in [-0.3, -0.25) is 4.79 Å². The Bertz CT molecular complexity index is 487. The maximum absolute atomic E-state index is 12.2. The second-order valence-corrected chi connectivity index (χ2v) is 6.42. The highest BCUT2D eigenvalue weighted by Gasteiger charge is 2.20. The van der Waals surface area contributed by atoms with Crippen LogP contribution in [0.25, 0.3) is 0 Å². The summed E-state index contributed by atoms with van der Waals surface area (Å²) in [5.41, 5.74) is -0.303. The van der Waals surface area contributed by atoms with E-state index in [-0.39, 0.29) is 11.1 Å². The SMILES string of the molecule is CC(C)(C)n1ccnc(NCCCOCC2CC2)c1=O. The van der Waals surface area contributed by atoms with Gasteiger partial charge in [-0.15, -0.1) is 0 Å². The summed E-state index contributed by atoms with van der Waals surface area (Å²) in [6.45, 7) is 8.35. The van der Waals surface area contributed by atoms with Crippen molar-refractivity contribution in [3.8, 4) is 0 Å². The van der Waals surface area contributed by atoms with E-state index in [4.69, 9.17) is 4.74 Å². The lowest BCUT2D eigenvalue weighted by Crippen LogP contribution is -2.35. The molecule has 112 valence electrons. The summed E-state index contributed by atoms with van der Waals surface area (Å²) >= 11 is 0. The van der Waals surface area contributed by atoms with E-state index in [9.17, 15) is 4.79 Å². The van der Waals surface area contributed by atoms with Gasteiger partial charge in [-0.05, 0) is 46.0 Å². The number of nitrogens with zero attached hydrogens (tertiary/aromatic N) is 2. The standard InChI is InChI=1S/C15H25N3O2/c1-15(2,3)18-9-8-17-13(14(18)19)16-7-4-10-20-11-12-5-6-12/h8-9,12H,4-7,10-11H2,1-3H3,(H,16,17). The molecule has 1 saturated carbocycles. The quantitative estimate of drug-likeness (QED) is 0.778. The summed E-state index contributed by atoms with van der Waals surface area (Å²) in [5.74, 6) is 1.22. The van der Waals surface area contributed by atoms with E-state index in [1.54, 1.807) is 17.0 Å². The van der Waals surface area contributed by atoms with Crippen molar-refractivity contribution in [2.45, 2.75) is 45.6 Å². The minimum atomic E-state index is -0.232. The molecule has 1 aromatic rings. The maximum atomic E-state index is 12.2. The van der Waals surface area contributed by atoms with Gasteiger partial charge >= 0.3 is 0 Å². The molecular weight excluding hydrogens is 254 g/mol. The van der Waals surface area contributed by atoms with Crippen LogP contribution in [0.4, 0.5) is 5.82 Å². The number of hydrogen-bond donors (Lipinski definition) is 1. The predicted molar refractivity (Wildman–Crippen MR) is 80.1 cm³/mol. The van der Waals surface area contributed by atoms with Gasteiger partial charge in [0.15, 0.2) is 5.82 Å². The van der Waals surface area contributed by atoms with Crippen LogP contribution in [0, 0.1) is 5.92 Å². The number of hydrogen-bond acceptors (Lipinski definition) is 4. The first-order chi connectivity index (χ1) is 9.48. The number of ether oxygens (including phenoxy) is 1. The molecule has 0 aliphatic heterocycles. The molecule has 1 aliphatic carbocycles. The van der Waals surface area contributed by atoms with Gasteiger partial charge < -0.3 is 14.6 Å². The first-order valence-corrected chi connectivity index (χ1v) is 7.38. The third-order valence-electron chi connectivity index (χ3n) is 3.37. The van der Waals surface area contributed by atoms with Gasteiger partial charge in [-0.1, -0.05) is 0 Å². The van der Waals surface area contributed by atoms with Gasteiger partial charge in [-0.25, -0.2) is 4.98 Å². The fourth-order valence-corrected chi connectivity index (χ4v) is 1.98. The smallest absolute Gasteiger partial charge is 0.293 e. The van der Waals surface area contributed by atoms with E-state index in [1.807, 2.05) is 20.8 Å². The van der Waals surface area contributed by atoms with Crippen LogP contribution < -0.4 is 10.9 Å². The Balaban J connectivity index is 1.78. The Kier molecular flexibility index (Phi) is 4.81. The summed E-state index contributed by atoms with van der Waals surface area (Å²) in [5, 5.41) is 3.10. The second-order valence-electron chi connectivity index (χ2n) is 6.42. The van der Waals surface area contributed by atoms with Crippen LogP contribution >= 0.6 is 0 Å². The molecule has 1 aromatic heterocycles. The molecule has 5 heteroatoms. The summed E-state index contributed by atoms with van der Waals surface area (Å²) < 4.78 is 7.26. The molecule has 0 bridgehead atoms. The highest BCUT2D eigenvalue weighted by molar-refractivity contribution is 5.30. The lowest BCUT2D eigenvalue weighted by Gasteiger charge is -2.22. The van der Waals surface area contributed by atoms with Crippen molar-refractivity contribution in [1.29, 1.82) is 0 Å². The number of rotatable bonds is 7. The number of aromatic nitrogens is 2. The Morgan fingerprint density at radius 3 is 2.85 bits per heavy atom. The van der Waals surface area contributed by atoms with Crippen molar-refractivity contribution in [1.82, 2.24) is 9.55 Å². The Morgan fingerprint density at radius 2 is 2.20 bits per heavy atom. The molecule has 0 radical (unpaired) electrons. The Morgan fingerprint density at radius 1 is 1.45 bits per heavy atom. The summed E-state index contributed by atoms with van der Waals surface area (Å²) in [6.07, 6.45) is 6.92. The fourth-order valence-electron chi connectivity index (χ4n) is 1.98. The van der Waals surface area contributed by atoms with Gasteiger partial charge in [0.1, 0.15) is 0 Å². The van der Waals surface area contributed by atoms with Gasteiger partial charge in [-0.2, -0.15) is 0 Å². The average Bonchev–Trinajstić information content (AvgIpc) is 3.18. The zero-order valence-electron chi connectivity index (χ0n) is 12.7. The van der Waals surface area contributed by atoms with E-state index >= 15 is 0 Å². The molecule has 1 N–H and O–H groups in total. The third kappa shape index (κ3) is 4.34. The van der Waals surface area contributed by atoms with Crippen molar-refractivity contribution in [3.63, 3.8) is 0 Å². The zero-order chi connectivity index (χ0) is 14.6. The van der Waals surface area contributed by atoms with Gasteiger partial charge in [0.2, 0.25) is 0 Å². The van der Waals surface area contributed by atoms with Crippen molar-refractivity contribution >= 4 is 5.82 Å². The Hall–Kier alpha value is -1.36. The summed E-state index contributed by atoms with van der Waals surface area (Å²) in [4.78, 5) is 16.4. The van der Waals surface area contributed by atoms with Crippen molar-refractivity contribution < 1.29 is 4.74 Å². The molecule has 0 saturated heterocycles. The van der Waals surface area contributed by atoms with Crippen LogP contribution in [-0.2, 0) is 10.3 Å². The molecule has 0 spiro atoms. The molecule has 2 rings (SSSR count). The van der Waals surface area contributed by atoms with Crippen LogP contribution in [0.3, 0.4) is 0 Å². The molecule has 0 unspecified atom stereocenters. The molecule has 1 aliphatic rings. The summed E-state index contributed by atoms with van der Waals surface area (Å²) in [7, 11) is 0. The highest BCUT2D eigenvalue weighted by atomic mass is 16.5. The van der Waals surface area contributed by atoms with Crippen molar-refractivity contribution in [3.05, 3.63) is 22.7 Å². The molecule has 20 heavy (non-hydrogen) atoms. The average molecular weight is 279 g/mol. The summed E-state index contributed by atoms with van der Waals surface area (Å²) in [6, 6.07) is 0. The first-order valence-electron chi connectivity index (χ1n) is 7.38. The molecule has 1 heterocycles. The maximum Gasteiger partial charge on any atom is 0.293 e. The minimum Gasteiger partial charge on any atom is -0.381 e. The molecule has 0 aromatic carbocycles. The van der Waals surface area contributed by atoms with Crippen molar-refractivity contribution in [2.75, 3.05) is 25.1 Å². The highest BCUT2D eigenvalue weighted by Crippen LogP contribution is 2.28. The van der Waals surface area contributed by atoms with Gasteiger partial charge in [0, 0.05) is 37.7 Å². The minimum absolute atomic E-state index is 0.0705. The van der Waals surface area contributed by atoms with Crippen LogP contribution in [0.2, 0.25) is 0 Å². The van der Waals surface area contributed by atoms with Crippen molar-refractivity contribution in [2.24, 2.45) is 5.92 Å². The van der Waals surface area contributed by atoms with E-state index in [1.165, 1.54) is 12.8 Å². The van der Waals surface area contributed by atoms with E-state index < -0.39 is 0 Å². The van der Waals surface area contributed by atoms with Gasteiger partial charge in [0.05, 0.1) is 0 Å². The Labute approximate surface area is 120 Å². The van der Waals surface area contributed by atoms with Crippen LogP contribution in [-0.4, -0.2) is 29.3 Å². The first kappa shape index (κ1) is 15.0. The van der Waals surface area contributed by atoms with E-state index in [2.05, 4.69) is 10.3 Å². The predicted octanol–water partition coefficient (Wildman–Crippen LogP) is 2.23. The fraction of sp³-hybridized carbons (Fsp3) is 0.733. The normalized spacial score (nSPS) is 15.3. The zero-order valence-corrected chi connectivity index (χ0v) is 12.7. The van der Waals surface area contributed by atoms with Gasteiger partial charge in [0.25, 0.3) is 5.56 Å². The number of nitrogens with one attached hydrogen (secondary N) is 1. The molecule has 1 fully saturated rings. The lowest BCUT2D eigenvalue weighted by atomic mass is 10.1. The van der Waals surface area contributed by atoms with Crippen LogP contribution in [0.1, 0.15) is 40.0 Å². The third-order valence-corrected chi connectivity index (χ3v) is 3.37. The number of anilines is 1. The molecular formula is C15H25N3O2. The van der Waals surface area contributed by atoms with Crippen LogP contribution in [0.15, 0.2) is 17.2 Å². The molecule has 5 nitrogen and oxygen atoms in total. The van der Waals surface area contributed by atoms with E-state index in [0.29, 0.717) is 12.4 Å². The van der Waals surface area contributed by atoms with Crippen LogP contribution in [0.5, 0.6) is 0 Å². The topological polar surface area (TPSA) is 56.1 Å². The molecule has 0 amide bonds. The lowest BCUT2D eigenvalue weighted by molar-refractivity contribution is 0.124.